The highest BCUT2D eigenvalue weighted by Crippen LogP contribution is 2.47. The number of likely N-dealkylation sites (tertiary alicyclic amines) is 1. The summed E-state index contributed by atoms with van der Waals surface area (Å²) in [4.78, 5) is 24.8. The van der Waals surface area contributed by atoms with Crippen LogP contribution in [0.2, 0.25) is 0 Å². The molecular weight excluding hydrogens is 443 g/mol. The monoisotopic (exact) mass is 474 g/mol. The molecule has 178 valence electrons. The second-order valence-electron chi connectivity index (χ2n) is 9.42. The maximum absolute atomic E-state index is 14.1. The van der Waals surface area contributed by atoms with Gasteiger partial charge in [-0.2, -0.15) is 0 Å². The Balaban J connectivity index is 1.20. The van der Waals surface area contributed by atoms with Gasteiger partial charge in [0.15, 0.2) is 0 Å². The van der Waals surface area contributed by atoms with E-state index in [1.807, 2.05) is 24.0 Å². The first kappa shape index (κ1) is 22.6. The third kappa shape index (κ3) is 4.46. The molecule has 4 heterocycles. The molecule has 0 bridgehead atoms. The number of carbonyl (C=O) groups excluding carboxylic acids is 1. The first-order valence-electron chi connectivity index (χ1n) is 11.8. The molecule has 1 aliphatic carbocycles. The van der Waals surface area contributed by atoms with Crippen LogP contribution in [-0.4, -0.2) is 77.9 Å². The number of hydrogen-bond acceptors (Lipinski definition) is 7. The van der Waals surface area contributed by atoms with Gasteiger partial charge >= 0.3 is 6.09 Å². The van der Waals surface area contributed by atoms with Crippen molar-refractivity contribution in [2.45, 2.75) is 38.8 Å². The Labute approximate surface area is 197 Å². The van der Waals surface area contributed by atoms with E-state index < -0.39 is 0 Å². The summed E-state index contributed by atoms with van der Waals surface area (Å²) in [6.07, 6.45) is 4.55. The van der Waals surface area contributed by atoms with E-state index in [0.717, 1.165) is 73.2 Å². The summed E-state index contributed by atoms with van der Waals surface area (Å²) < 4.78 is 19.2. The van der Waals surface area contributed by atoms with Crippen LogP contribution in [0.1, 0.15) is 31.1 Å². The molecule has 1 amide bonds. The van der Waals surface area contributed by atoms with E-state index in [1.54, 1.807) is 6.07 Å². The van der Waals surface area contributed by atoms with Crippen molar-refractivity contribution in [2.75, 3.05) is 50.8 Å². The largest absolute Gasteiger partial charge is 0.450 e. The van der Waals surface area contributed by atoms with Crippen LogP contribution >= 0.6 is 11.3 Å². The van der Waals surface area contributed by atoms with E-state index in [-0.39, 0.29) is 23.9 Å². The van der Waals surface area contributed by atoms with Gasteiger partial charge in [0, 0.05) is 61.7 Å². The van der Waals surface area contributed by atoms with Crippen LogP contribution in [0.4, 0.5) is 14.9 Å². The zero-order valence-electron chi connectivity index (χ0n) is 19.0. The molecular formula is C24H31FN4O3S. The van der Waals surface area contributed by atoms with E-state index in [2.05, 4.69) is 14.8 Å². The number of pyridine rings is 1. The molecule has 1 atom stereocenters. The molecule has 1 spiro atoms. The van der Waals surface area contributed by atoms with Crippen LogP contribution in [0.5, 0.6) is 0 Å². The molecule has 9 heteroatoms. The van der Waals surface area contributed by atoms with Crippen molar-refractivity contribution < 1.29 is 19.0 Å². The first-order chi connectivity index (χ1) is 16.0. The number of nitrogens with zero attached hydrogens (tertiary/aromatic N) is 4. The molecule has 2 aromatic rings. The molecule has 7 nitrogen and oxygen atoms in total. The van der Waals surface area contributed by atoms with Gasteiger partial charge in [-0.3, -0.25) is 9.88 Å². The average molecular weight is 475 g/mol. The molecule has 0 radical (unpaired) electrons. The summed E-state index contributed by atoms with van der Waals surface area (Å²) in [7, 11) is 0. The van der Waals surface area contributed by atoms with Gasteiger partial charge < -0.3 is 19.6 Å². The number of aliphatic hydroxyl groups is 1. The predicted octanol–water partition coefficient (Wildman–Crippen LogP) is 3.57. The molecule has 3 aliphatic rings. The maximum Gasteiger partial charge on any atom is 0.409 e. The van der Waals surface area contributed by atoms with Crippen LogP contribution in [0.3, 0.4) is 0 Å². The van der Waals surface area contributed by atoms with Crippen molar-refractivity contribution in [1.82, 2.24) is 14.8 Å². The van der Waals surface area contributed by atoms with Gasteiger partial charge in [-0.1, -0.05) is 0 Å². The molecule has 2 saturated heterocycles. The maximum atomic E-state index is 14.1. The van der Waals surface area contributed by atoms with Crippen molar-refractivity contribution in [3.8, 4) is 10.6 Å². The van der Waals surface area contributed by atoms with Crippen LogP contribution < -0.4 is 4.90 Å². The minimum Gasteiger partial charge on any atom is -0.450 e. The minimum atomic E-state index is -0.330. The van der Waals surface area contributed by atoms with Gasteiger partial charge in [-0.05, 0) is 38.3 Å². The number of amides is 1. The second-order valence-corrected chi connectivity index (χ2v) is 10.6. The van der Waals surface area contributed by atoms with Gasteiger partial charge in [0.25, 0.3) is 0 Å². The SMILES string of the molecule is CCOC(=O)N1CC2(CC[C@@H](N3CCN(c4cc(F)cnc4-c4ccc(CO)s4)CC3)C2)C1. The third-order valence-electron chi connectivity index (χ3n) is 7.31. The van der Waals surface area contributed by atoms with Crippen molar-refractivity contribution in [3.63, 3.8) is 0 Å². The standard InChI is InChI=1S/C24H31FN4O3S/c1-2-32-23(31)29-15-24(16-29)6-5-18(12-24)27-7-9-28(10-8-27)20-11-17(25)13-26-22(20)21-4-3-19(14-30)33-21/h3-4,11,13,18,30H,2,5-10,12,14-16H2,1H3/t18-/m1/s1. The zero-order chi connectivity index (χ0) is 23.0. The lowest BCUT2D eigenvalue weighted by Crippen LogP contribution is -2.58. The molecule has 33 heavy (non-hydrogen) atoms. The van der Waals surface area contributed by atoms with Crippen molar-refractivity contribution in [2.24, 2.45) is 5.41 Å². The number of carbonyl (C=O) groups is 1. The fourth-order valence-electron chi connectivity index (χ4n) is 5.66. The van der Waals surface area contributed by atoms with E-state index in [4.69, 9.17) is 4.74 Å². The summed E-state index contributed by atoms with van der Waals surface area (Å²) >= 11 is 1.50. The summed E-state index contributed by atoms with van der Waals surface area (Å²) in [6, 6.07) is 5.98. The Bertz CT molecular complexity index is 1000. The quantitative estimate of drug-likeness (QED) is 0.715. The molecule has 0 aromatic carbocycles. The Morgan fingerprint density at radius 1 is 1.30 bits per heavy atom. The highest BCUT2D eigenvalue weighted by molar-refractivity contribution is 7.15. The second kappa shape index (κ2) is 9.19. The molecule has 1 saturated carbocycles. The normalized spacial score (nSPS) is 22.6. The number of halogens is 1. The van der Waals surface area contributed by atoms with Gasteiger partial charge in [0.2, 0.25) is 0 Å². The highest BCUT2D eigenvalue weighted by Gasteiger charge is 2.51. The topological polar surface area (TPSA) is 69.1 Å². The first-order valence-corrected chi connectivity index (χ1v) is 12.6. The summed E-state index contributed by atoms with van der Waals surface area (Å²) in [5.74, 6) is -0.330. The number of ether oxygens (including phenoxy) is 1. The van der Waals surface area contributed by atoms with Crippen LogP contribution in [0.15, 0.2) is 24.4 Å². The number of hydrogen-bond donors (Lipinski definition) is 1. The van der Waals surface area contributed by atoms with Crippen molar-refractivity contribution >= 4 is 23.1 Å². The summed E-state index contributed by atoms with van der Waals surface area (Å²) in [5, 5.41) is 9.41. The van der Waals surface area contributed by atoms with Crippen LogP contribution in [0, 0.1) is 11.2 Å². The van der Waals surface area contributed by atoms with Crippen LogP contribution in [0.25, 0.3) is 10.6 Å². The summed E-state index contributed by atoms with van der Waals surface area (Å²) in [6.45, 7) is 7.43. The summed E-state index contributed by atoms with van der Waals surface area (Å²) in [5.41, 5.74) is 1.87. The molecule has 0 unspecified atom stereocenters. The number of aromatic nitrogens is 1. The lowest BCUT2D eigenvalue weighted by molar-refractivity contribution is -0.00294. The molecule has 1 N–H and O–H groups in total. The predicted molar refractivity (Wildman–Crippen MR) is 126 cm³/mol. The number of rotatable bonds is 5. The third-order valence-corrected chi connectivity index (χ3v) is 8.39. The Morgan fingerprint density at radius 3 is 2.79 bits per heavy atom. The van der Waals surface area contributed by atoms with E-state index in [0.29, 0.717) is 12.6 Å². The van der Waals surface area contributed by atoms with E-state index >= 15 is 0 Å². The number of piperazine rings is 1. The molecule has 2 aromatic heterocycles. The van der Waals surface area contributed by atoms with Gasteiger partial charge in [-0.25, -0.2) is 9.18 Å². The fraction of sp³-hybridized carbons (Fsp3) is 0.583. The van der Waals surface area contributed by atoms with E-state index in [1.165, 1.54) is 24.0 Å². The number of anilines is 1. The molecule has 3 fully saturated rings. The van der Waals surface area contributed by atoms with Gasteiger partial charge in [-0.15, -0.1) is 11.3 Å². The minimum absolute atomic E-state index is 0.000295. The molecule has 5 rings (SSSR count). The van der Waals surface area contributed by atoms with Crippen molar-refractivity contribution in [3.05, 3.63) is 35.1 Å². The zero-order valence-corrected chi connectivity index (χ0v) is 19.8. The lowest BCUT2D eigenvalue weighted by Gasteiger charge is -2.48. The van der Waals surface area contributed by atoms with Crippen LogP contribution in [-0.2, 0) is 11.3 Å². The average Bonchev–Trinajstić information content (AvgIpc) is 3.46. The Kier molecular flexibility index (Phi) is 6.28. The lowest BCUT2D eigenvalue weighted by atomic mass is 9.78. The van der Waals surface area contributed by atoms with Crippen molar-refractivity contribution in [1.29, 1.82) is 0 Å². The number of aliphatic hydroxyl groups excluding tert-OH is 1. The molecule has 2 aliphatic heterocycles. The highest BCUT2D eigenvalue weighted by atomic mass is 32.1. The van der Waals surface area contributed by atoms with Gasteiger partial charge in [0.1, 0.15) is 11.5 Å². The Morgan fingerprint density at radius 2 is 2.09 bits per heavy atom. The van der Waals surface area contributed by atoms with E-state index in [9.17, 15) is 14.3 Å². The Hall–Kier alpha value is -2.23. The van der Waals surface area contributed by atoms with Gasteiger partial charge in [0.05, 0.1) is 30.0 Å². The fourth-order valence-corrected chi connectivity index (χ4v) is 6.53. The number of thiophene rings is 1. The smallest absolute Gasteiger partial charge is 0.409 e.